The molecule has 2 unspecified atom stereocenters. The molecule has 1 aromatic heterocycles. The summed E-state index contributed by atoms with van der Waals surface area (Å²) in [6, 6.07) is 7.73. The number of hydrogen-bond acceptors (Lipinski definition) is 4. The average Bonchev–Trinajstić information content (AvgIpc) is 2.57. The Bertz CT molecular complexity index is 834. The molecule has 0 radical (unpaired) electrons. The highest BCUT2D eigenvalue weighted by atomic mass is 35.5. The number of aromatic nitrogens is 2. The van der Waals surface area contributed by atoms with Crippen molar-refractivity contribution in [3.05, 3.63) is 40.3 Å². The smallest absolute Gasteiger partial charge is 0.274 e. The van der Waals surface area contributed by atoms with Crippen molar-refractivity contribution >= 4 is 29.1 Å². The number of carbonyl (C=O) groups excluding carboxylic acids is 1. The van der Waals surface area contributed by atoms with Crippen LogP contribution in [0.1, 0.15) is 44.1 Å². The average molecular weight is 379 g/mol. The third kappa shape index (κ3) is 4.43. The fourth-order valence-corrected chi connectivity index (χ4v) is 3.39. The monoisotopic (exact) mass is 378 g/mol. The first-order chi connectivity index (χ1) is 12.0. The lowest BCUT2D eigenvalue weighted by molar-refractivity contribution is 0.0919. The number of nitrogens with one attached hydrogen (secondary N) is 2. The predicted molar refractivity (Wildman–Crippen MR) is 106 cm³/mol. The van der Waals surface area contributed by atoms with Crippen molar-refractivity contribution in [1.29, 1.82) is 0 Å². The summed E-state index contributed by atoms with van der Waals surface area (Å²) in [5, 5.41) is 12.0. The van der Waals surface area contributed by atoms with Gasteiger partial charge in [-0.2, -0.15) is 5.10 Å². The molecule has 2 N–H and O–H groups in total. The first-order valence-electron chi connectivity index (χ1n) is 8.99. The van der Waals surface area contributed by atoms with Crippen molar-refractivity contribution in [2.24, 2.45) is 5.92 Å². The predicted octanol–water partition coefficient (Wildman–Crippen LogP) is 2.34. The van der Waals surface area contributed by atoms with E-state index < -0.39 is 0 Å². The summed E-state index contributed by atoms with van der Waals surface area (Å²) in [7, 11) is 0. The van der Waals surface area contributed by atoms with Crippen molar-refractivity contribution < 1.29 is 4.79 Å². The number of carbonyl (C=O) groups is 1. The summed E-state index contributed by atoms with van der Waals surface area (Å²) in [4.78, 5) is 25.5. The lowest BCUT2D eigenvalue weighted by Crippen LogP contribution is -2.47. The van der Waals surface area contributed by atoms with Gasteiger partial charge in [-0.15, -0.1) is 12.4 Å². The van der Waals surface area contributed by atoms with Gasteiger partial charge in [-0.1, -0.05) is 32.0 Å². The summed E-state index contributed by atoms with van der Waals surface area (Å²) >= 11 is 0. The molecule has 1 aromatic carbocycles. The number of amides is 1. The van der Waals surface area contributed by atoms with Crippen LogP contribution in [0.25, 0.3) is 10.8 Å². The zero-order chi connectivity index (χ0) is 18.0. The van der Waals surface area contributed by atoms with E-state index in [2.05, 4.69) is 22.7 Å². The van der Waals surface area contributed by atoms with Gasteiger partial charge in [0, 0.05) is 24.0 Å². The van der Waals surface area contributed by atoms with Gasteiger partial charge in [0.05, 0.1) is 5.39 Å². The Morgan fingerprint density at radius 2 is 2.04 bits per heavy atom. The number of hydrogen-bond donors (Lipinski definition) is 2. The van der Waals surface area contributed by atoms with Crippen LogP contribution in [-0.4, -0.2) is 34.3 Å². The van der Waals surface area contributed by atoms with E-state index in [9.17, 15) is 9.59 Å². The van der Waals surface area contributed by atoms with Gasteiger partial charge in [-0.25, -0.2) is 4.68 Å². The minimum absolute atomic E-state index is 0. The van der Waals surface area contributed by atoms with Gasteiger partial charge in [0.2, 0.25) is 0 Å². The molecule has 26 heavy (non-hydrogen) atoms. The van der Waals surface area contributed by atoms with Crippen molar-refractivity contribution in [3.63, 3.8) is 0 Å². The second kappa shape index (κ2) is 8.64. The molecule has 6 nitrogen and oxygen atoms in total. The minimum atomic E-state index is -0.201. The molecular weight excluding hydrogens is 352 g/mol. The largest absolute Gasteiger partial charge is 0.348 e. The van der Waals surface area contributed by atoms with Gasteiger partial charge in [0.25, 0.3) is 11.5 Å². The highest BCUT2D eigenvalue weighted by Gasteiger charge is 2.23. The molecule has 7 heteroatoms. The molecule has 1 aliphatic rings. The summed E-state index contributed by atoms with van der Waals surface area (Å²) in [5.74, 6) is 0.0698. The van der Waals surface area contributed by atoms with Crippen LogP contribution in [0.4, 0.5) is 0 Å². The molecule has 0 aliphatic carbocycles. The fraction of sp³-hybridized carbons (Fsp3) is 0.526. The number of rotatable bonds is 4. The highest BCUT2D eigenvalue weighted by Crippen LogP contribution is 2.15. The Morgan fingerprint density at radius 3 is 2.69 bits per heavy atom. The van der Waals surface area contributed by atoms with E-state index in [-0.39, 0.29) is 35.8 Å². The van der Waals surface area contributed by atoms with E-state index in [1.54, 1.807) is 12.1 Å². The fourth-order valence-electron chi connectivity index (χ4n) is 3.39. The molecule has 0 saturated carbocycles. The molecule has 2 heterocycles. The lowest BCUT2D eigenvalue weighted by atomic mass is 10.0. The molecule has 1 fully saturated rings. The summed E-state index contributed by atoms with van der Waals surface area (Å²) in [6.07, 6.45) is 1.80. The molecule has 3 rings (SSSR count). The molecule has 2 aromatic rings. The van der Waals surface area contributed by atoms with Gasteiger partial charge in [-0.05, 0) is 38.3 Å². The van der Waals surface area contributed by atoms with Gasteiger partial charge in [0.1, 0.15) is 0 Å². The zero-order valence-electron chi connectivity index (χ0n) is 15.5. The number of benzene rings is 1. The van der Waals surface area contributed by atoms with Crippen LogP contribution in [-0.2, 0) is 6.54 Å². The van der Waals surface area contributed by atoms with Crippen LogP contribution >= 0.6 is 12.4 Å². The van der Waals surface area contributed by atoms with E-state index in [1.165, 1.54) is 4.68 Å². The first-order valence-corrected chi connectivity index (χ1v) is 8.99. The van der Waals surface area contributed by atoms with Gasteiger partial charge in [-0.3, -0.25) is 9.59 Å². The van der Waals surface area contributed by atoms with Crippen LogP contribution in [0.3, 0.4) is 0 Å². The van der Waals surface area contributed by atoms with Crippen LogP contribution in [0.5, 0.6) is 0 Å². The van der Waals surface area contributed by atoms with E-state index in [4.69, 9.17) is 0 Å². The van der Waals surface area contributed by atoms with Crippen molar-refractivity contribution in [2.45, 2.75) is 52.2 Å². The summed E-state index contributed by atoms with van der Waals surface area (Å²) in [5.41, 5.74) is 0.193. The van der Waals surface area contributed by atoms with E-state index >= 15 is 0 Å². The molecule has 1 aliphatic heterocycles. The standard InChI is InChI=1S/C19H26N4O2.ClH/c1-12(2)11-23-19(25)16-7-5-4-6-15(16)17(22-23)18(24)21-14-8-9-20-13(3)10-14;/h4-7,12-14,20H,8-11H2,1-3H3,(H,21,24);1H. The van der Waals surface area contributed by atoms with E-state index in [1.807, 2.05) is 26.0 Å². The van der Waals surface area contributed by atoms with Crippen LogP contribution in [0.2, 0.25) is 0 Å². The second-order valence-corrected chi connectivity index (χ2v) is 7.33. The van der Waals surface area contributed by atoms with Crippen molar-refractivity contribution in [1.82, 2.24) is 20.4 Å². The van der Waals surface area contributed by atoms with Gasteiger partial charge in [0.15, 0.2) is 5.69 Å². The van der Waals surface area contributed by atoms with Crippen molar-refractivity contribution in [3.8, 4) is 0 Å². The Labute approximate surface area is 159 Å². The maximum Gasteiger partial charge on any atom is 0.274 e. The summed E-state index contributed by atoms with van der Waals surface area (Å²) in [6.45, 7) is 7.56. The maximum absolute atomic E-state index is 12.9. The van der Waals surface area contributed by atoms with E-state index in [0.29, 0.717) is 29.1 Å². The van der Waals surface area contributed by atoms with Gasteiger partial charge >= 0.3 is 0 Å². The first kappa shape index (κ1) is 20.4. The SMILES string of the molecule is CC(C)Cn1nc(C(=O)NC2CCNC(C)C2)c2ccccc2c1=O.Cl. The third-order valence-corrected chi connectivity index (χ3v) is 4.58. The molecule has 1 amide bonds. The Balaban J connectivity index is 0.00000243. The van der Waals surface area contributed by atoms with Crippen LogP contribution in [0, 0.1) is 5.92 Å². The topological polar surface area (TPSA) is 76.0 Å². The zero-order valence-corrected chi connectivity index (χ0v) is 16.3. The molecule has 0 spiro atoms. The number of nitrogens with zero attached hydrogens (tertiary/aromatic N) is 2. The third-order valence-electron chi connectivity index (χ3n) is 4.58. The molecule has 1 saturated heterocycles. The minimum Gasteiger partial charge on any atom is -0.348 e. The number of fused-ring (bicyclic) bond motifs is 1. The second-order valence-electron chi connectivity index (χ2n) is 7.33. The van der Waals surface area contributed by atoms with Crippen LogP contribution < -0.4 is 16.2 Å². The molecule has 0 bridgehead atoms. The van der Waals surface area contributed by atoms with Crippen molar-refractivity contribution in [2.75, 3.05) is 6.54 Å². The maximum atomic E-state index is 12.9. The Kier molecular flexibility index (Phi) is 6.78. The molecule has 2 atom stereocenters. The summed E-state index contributed by atoms with van der Waals surface area (Å²) < 4.78 is 1.42. The molecular formula is C19H27ClN4O2. The van der Waals surface area contributed by atoms with E-state index in [0.717, 1.165) is 19.4 Å². The lowest BCUT2D eigenvalue weighted by Gasteiger charge is -2.28. The Morgan fingerprint density at radius 1 is 1.35 bits per heavy atom. The Hall–Kier alpha value is -1.92. The normalized spacial score (nSPS) is 20.0. The van der Waals surface area contributed by atoms with Gasteiger partial charge < -0.3 is 10.6 Å². The number of halogens is 1. The quantitative estimate of drug-likeness (QED) is 0.856. The number of piperidine rings is 1. The molecule has 142 valence electrons. The van der Waals surface area contributed by atoms with Crippen LogP contribution in [0.15, 0.2) is 29.1 Å². The highest BCUT2D eigenvalue weighted by molar-refractivity contribution is 6.04.